The summed E-state index contributed by atoms with van der Waals surface area (Å²) in [5.74, 6) is 0.0660. The number of urea groups is 1. The maximum atomic E-state index is 11.6. The van der Waals surface area contributed by atoms with Gasteiger partial charge >= 0.3 is 6.03 Å². The van der Waals surface area contributed by atoms with Gasteiger partial charge in [0.2, 0.25) is 5.88 Å². The van der Waals surface area contributed by atoms with Gasteiger partial charge in [-0.25, -0.2) is 4.79 Å². The minimum atomic E-state index is -0.471. The summed E-state index contributed by atoms with van der Waals surface area (Å²) in [6, 6.07) is 6.85. The third kappa shape index (κ3) is 3.38. The van der Waals surface area contributed by atoms with Gasteiger partial charge in [-0.15, -0.1) is 0 Å². The van der Waals surface area contributed by atoms with Crippen LogP contribution in [0.25, 0.3) is 0 Å². The van der Waals surface area contributed by atoms with Crippen LogP contribution in [0.4, 0.5) is 22.1 Å². The molecule has 0 atom stereocenters. The van der Waals surface area contributed by atoms with Crippen LogP contribution in [0, 0.1) is 6.92 Å². The van der Waals surface area contributed by atoms with Gasteiger partial charge in [-0.1, -0.05) is 21.1 Å². The van der Waals surface area contributed by atoms with Crippen molar-refractivity contribution in [3.63, 3.8) is 0 Å². The van der Waals surface area contributed by atoms with Crippen LogP contribution in [-0.4, -0.2) is 11.2 Å². The molecule has 2 rings (SSSR count). The maximum Gasteiger partial charge on any atom is 0.338 e. The molecule has 0 aliphatic rings. The number of anilines is 3. The highest BCUT2D eigenvalue weighted by Gasteiger charge is 2.12. The summed E-state index contributed by atoms with van der Waals surface area (Å²) in [7, 11) is 0. The second kappa shape index (κ2) is 5.61. The van der Waals surface area contributed by atoms with Gasteiger partial charge in [0, 0.05) is 4.47 Å². The highest BCUT2D eigenvalue weighted by Crippen LogP contribution is 2.21. The van der Waals surface area contributed by atoms with Gasteiger partial charge in [0.25, 0.3) is 0 Å². The lowest BCUT2D eigenvalue weighted by Gasteiger charge is -2.09. The number of nitrogens with zero attached hydrogens (tertiary/aromatic N) is 1. The zero-order valence-corrected chi connectivity index (χ0v) is 11.6. The Kier molecular flexibility index (Phi) is 3.91. The molecule has 5 N–H and O–H groups in total. The van der Waals surface area contributed by atoms with Crippen LogP contribution >= 0.6 is 15.9 Å². The fourth-order valence-electron chi connectivity index (χ4n) is 1.35. The van der Waals surface area contributed by atoms with Crippen LogP contribution in [0.1, 0.15) is 5.69 Å². The van der Waals surface area contributed by atoms with E-state index in [4.69, 9.17) is 10.3 Å². The summed E-state index contributed by atoms with van der Waals surface area (Å²) in [6.07, 6.45) is 0. The van der Waals surface area contributed by atoms with Gasteiger partial charge in [0.05, 0.1) is 5.69 Å². The number of nitrogens with one attached hydrogen (secondary N) is 3. The molecular weight excluding hydrogens is 314 g/mol. The molecule has 8 heteroatoms. The second-order valence-corrected chi connectivity index (χ2v) is 4.63. The van der Waals surface area contributed by atoms with Crippen molar-refractivity contribution in [3.8, 4) is 0 Å². The number of aromatic nitrogens is 1. The average Bonchev–Trinajstić information content (AvgIpc) is 2.70. The van der Waals surface area contributed by atoms with E-state index >= 15 is 0 Å². The Balaban J connectivity index is 1.90. The predicted octanol–water partition coefficient (Wildman–Crippen LogP) is 2.48. The average molecular weight is 326 g/mol. The van der Waals surface area contributed by atoms with Crippen molar-refractivity contribution in [3.05, 3.63) is 34.4 Å². The van der Waals surface area contributed by atoms with E-state index in [-0.39, 0.29) is 5.88 Å². The second-order valence-electron chi connectivity index (χ2n) is 3.72. The molecule has 0 radical (unpaired) electrons. The topological polar surface area (TPSA) is 105 Å². The number of nitrogens with two attached hydrogens (primary N) is 1. The van der Waals surface area contributed by atoms with E-state index in [0.29, 0.717) is 11.4 Å². The zero-order valence-electron chi connectivity index (χ0n) is 10.0. The third-order valence-corrected chi connectivity index (χ3v) is 2.82. The monoisotopic (exact) mass is 325 g/mol. The molecule has 0 unspecified atom stereocenters. The van der Waals surface area contributed by atoms with Crippen molar-refractivity contribution in [1.82, 2.24) is 10.6 Å². The number of rotatable bonds is 3. The van der Waals surface area contributed by atoms with Crippen molar-refractivity contribution in [1.29, 1.82) is 0 Å². The number of carbonyl (C=O) groups excluding carboxylic acids is 1. The molecule has 0 bridgehead atoms. The Hall–Kier alpha value is -2.22. The molecule has 1 aromatic heterocycles. The van der Waals surface area contributed by atoms with Crippen molar-refractivity contribution in [2.45, 2.75) is 6.92 Å². The molecular formula is C11H12BrN5O2. The molecule has 19 heavy (non-hydrogen) atoms. The van der Waals surface area contributed by atoms with E-state index in [9.17, 15) is 4.79 Å². The fourth-order valence-corrected chi connectivity index (χ4v) is 1.61. The summed E-state index contributed by atoms with van der Waals surface area (Å²) in [4.78, 5) is 11.6. The first-order valence-corrected chi connectivity index (χ1v) is 6.16. The van der Waals surface area contributed by atoms with E-state index in [0.717, 1.165) is 10.2 Å². The SMILES string of the molecule is Cc1noc(N)c1NC(=O)NNc1ccc(Br)cc1. The Morgan fingerprint density at radius 3 is 2.63 bits per heavy atom. The lowest BCUT2D eigenvalue weighted by molar-refractivity contribution is 0.254. The summed E-state index contributed by atoms with van der Waals surface area (Å²) in [6.45, 7) is 1.68. The molecule has 2 aromatic rings. The standard InChI is InChI=1S/C11H12BrN5O2/c1-6-9(10(13)19-17-6)14-11(18)16-15-8-4-2-7(12)3-5-8/h2-5,15H,13H2,1H3,(H2,14,16,18). The van der Waals surface area contributed by atoms with Gasteiger partial charge in [-0.05, 0) is 31.2 Å². The predicted molar refractivity (Wildman–Crippen MR) is 75.6 cm³/mol. The van der Waals surface area contributed by atoms with Crippen LogP contribution in [0.15, 0.2) is 33.3 Å². The minimum absolute atomic E-state index is 0.0660. The molecule has 0 aliphatic carbocycles. The molecule has 100 valence electrons. The summed E-state index contributed by atoms with van der Waals surface area (Å²) >= 11 is 3.32. The van der Waals surface area contributed by atoms with E-state index in [1.165, 1.54) is 0 Å². The molecule has 0 spiro atoms. The number of hydrogen-bond donors (Lipinski definition) is 4. The first kappa shape index (κ1) is 13.2. The van der Waals surface area contributed by atoms with Crippen molar-refractivity contribution in [2.24, 2.45) is 0 Å². The van der Waals surface area contributed by atoms with Crippen molar-refractivity contribution < 1.29 is 9.32 Å². The smallest absolute Gasteiger partial charge is 0.338 e. The molecule has 0 fully saturated rings. The molecule has 2 amide bonds. The lowest BCUT2D eigenvalue weighted by Crippen LogP contribution is -2.33. The highest BCUT2D eigenvalue weighted by molar-refractivity contribution is 9.10. The van der Waals surface area contributed by atoms with Crippen LogP contribution in [0.5, 0.6) is 0 Å². The van der Waals surface area contributed by atoms with E-state index in [1.54, 1.807) is 6.92 Å². The van der Waals surface area contributed by atoms with Crippen LogP contribution in [0.3, 0.4) is 0 Å². The normalized spacial score (nSPS) is 10.0. The van der Waals surface area contributed by atoms with Crippen LogP contribution in [0.2, 0.25) is 0 Å². The first-order chi connectivity index (χ1) is 9.06. The number of amides is 2. The summed E-state index contributed by atoms with van der Waals surface area (Å²) < 4.78 is 5.69. The number of hydrogen-bond acceptors (Lipinski definition) is 5. The fraction of sp³-hybridized carbons (Fsp3) is 0.0909. The zero-order chi connectivity index (χ0) is 13.8. The molecule has 0 saturated carbocycles. The summed E-state index contributed by atoms with van der Waals surface area (Å²) in [5.41, 5.74) is 12.3. The molecule has 0 saturated heterocycles. The van der Waals surface area contributed by atoms with E-state index in [1.807, 2.05) is 24.3 Å². The Bertz CT molecular complexity index is 562. The molecule has 1 heterocycles. The molecule has 1 aromatic carbocycles. The number of carbonyl (C=O) groups is 1. The quantitative estimate of drug-likeness (QED) is 0.649. The van der Waals surface area contributed by atoms with Gasteiger partial charge in [0.15, 0.2) is 0 Å². The first-order valence-electron chi connectivity index (χ1n) is 5.36. The number of nitrogen functional groups attached to an aromatic ring is 1. The minimum Gasteiger partial charge on any atom is -0.366 e. The van der Waals surface area contributed by atoms with Gasteiger partial charge < -0.3 is 15.6 Å². The Labute approximate surface area is 117 Å². The van der Waals surface area contributed by atoms with E-state index < -0.39 is 6.03 Å². The number of aryl methyl sites for hydroxylation is 1. The Morgan fingerprint density at radius 1 is 1.37 bits per heavy atom. The van der Waals surface area contributed by atoms with Crippen molar-refractivity contribution >= 4 is 39.2 Å². The molecule has 0 aliphatic heterocycles. The molecule has 7 nitrogen and oxygen atoms in total. The van der Waals surface area contributed by atoms with Gasteiger partial charge in [0.1, 0.15) is 11.4 Å². The highest BCUT2D eigenvalue weighted by atomic mass is 79.9. The van der Waals surface area contributed by atoms with Gasteiger partial charge in [-0.3, -0.25) is 10.9 Å². The summed E-state index contributed by atoms with van der Waals surface area (Å²) in [5, 5.41) is 6.17. The van der Waals surface area contributed by atoms with E-state index in [2.05, 4.69) is 37.3 Å². The number of halogens is 1. The van der Waals surface area contributed by atoms with Crippen molar-refractivity contribution in [2.75, 3.05) is 16.5 Å². The lowest BCUT2D eigenvalue weighted by atomic mass is 10.3. The maximum absolute atomic E-state index is 11.6. The number of benzene rings is 1. The third-order valence-electron chi connectivity index (χ3n) is 2.29. The van der Waals surface area contributed by atoms with Gasteiger partial charge in [-0.2, -0.15) is 0 Å². The Morgan fingerprint density at radius 2 is 2.05 bits per heavy atom. The number of hydrazine groups is 1. The van der Waals surface area contributed by atoms with Crippen LogP contribution in [-0.2, 0) is 0 Å². The largest absolute Gasteiger partial charge is 0.366 e. The van der Waals surface area contributed by atoms with Crippen LogP contribution < -0.4 is 21.9 Å².